The number of pyridine rings is 2. The van der Waals surface area contributed by atoms with Gasteiger partial charge in [-0.3, -0.25) is 4.98 Å². The van der Waals surface area contributed by atoms with E-state index in [1.807, 2.05) is 12.4 Å². The van der Waals surface area contributed by atoms with Crippen molar-refractivity contribution >= 4 is 21.7 Å². The predicted molar refractivity (Wildman–Crippen MR) is 210 cm³/mol. The zero-order valence-corrected chi connectivity index (χ0v) is 27.7. The highest BCUT2D eigenvalue weighted by Crippen LogP contribution is 2.64. The molecular formula is C49H30N2. The van der Waals surface area contributed by atoms with E-state index in [1.54, 1.807) is 0 Å². The molecule has 1 spiro atoms. The van der Waals surface area contributed by atoms with Gasteiger partial charge in [-0.05, 0) is 102 Å². The molecule has 2 heterocycles. The van der Waals surface area contributed by atoms with Crippen LogP contribution >= 0.6 is 0 Å². The number of fused-ring (bicyclic) bond motifs is 14. The maximum absolute atomic E-state index is 5.52. The van der Waals surface area contributed by atoms with Gasteiger partial charge in [0.15, 0.2) is 0 Å². The second-order valence-electron chi connectivity index (χ2n) is 13.7. The molecule has 2 aliphatic rings. The summed E-state index contributed by atoms with van der Waals surface area (Å²) in [6.07, 6.45) is 3.70. The van der Waals surface area contributed by atoms with Crippen LogP contribution in [0.5, 0.6) is 0 Å². The molecule has 0 radical (unpaired) electrons. The largest absolute Gasteiger partial charge is 0.265 e. The summed E-state index contributed by atoms with van der Waals surface area (Å²) in [5, 5.41) is 3.61. The number of rotatable bonds is 3. The zero-order valence-electron chi connectivity index (χ0n) is 27.7. The molecule has 9 aromatic rings. The van der Waals surface area contributed by atoms with Crippen LogP contribution in [0, 0.1) is 0 Å². The van der Waals surface area contributed by atoms with Crippen LogP contribution in [0.3, 0.4) is 0 Å². The van der Waals surface area contributed by atoms with E-state index in [0.29, 0.717) is 0 Å². The molecule has 0 amide bonds. The fraction of sp³-hybridized carbons (Fsp3) is 0.0204. The first-order valence-corrected chi connectivity index (χ1v) is 17.6. The molecule has 2 aromatic heterocycles. The van der Waals surface area contributed by atoms with E-state index in [-0.39, 0.29) is 0 Å². The Balaban J connectivity index is 1.22. The third kappa shape index (κ3) is 3.87. The monoisotopic (exact) mass is 646 g/mol. The second kappa shape index (κ2) is 10.7. The molecule has 7 aromatic carbocycles. The predicted octanol–water partition coefficient (Wildman–Crippen LogP) is 12.1. The summed E-state index contributed by atoms with van der Waals surface area (Å²) < 4.78 is 0. The minimum atomic E-state index is -0.411. The Hall–Kier alpha value is -6.64. The standard InChI is InChI=1S/C49H30N2/c1-5-19-41-36(15-1)37-16-2-6-20-42(37)49(41)43-21-7-3-18-40(43)46-44(49)24-23-39-38-17-4-8-22-45(38)51-48(47(39)46)35-14-10-13-34(30-35)33-12-9-11-32(29-33)31-25-27-50-28-26-31/h1-30H. The number of para-hydroxylation sites is 1. The van der Waals surface area contributed by atoms with Crippen molar-refractivity contribution in [2.24, 2.45) is 0 Å². The Kier molecular flexibility index (Phi) is 5.91. The molecule has 0 atom stereocenters. The number of hydrogen-bond donors (Lipinski definition) is 0. The van der Waals surface area contributed by atoms with Gasteiger partial charge >= 0.3 is 0 Å². The van der Waals surface area contributed by atoms with Gasteiger partial charge in [0.25, 0.3) is 0 Å². The highest BCUT2D eigenvalue weighted by Gasteiger charge is 2.52. The van der Waals surface area contributed by atoms with Crippen molar-refractivity contribution in [2.45, 2.75) is 5.41 Å². The molecule has 51 heavy (non-hydrogen) atoms. The van der Waals surface area contributed by atoms with E-state index in [4.69, 9.17) is 4.98 Å². The normalized spacial score (nSPS) is 13.3. The molecule has 0 N–H and O–H groups in total. The Morgan fingerprint density at radius 2 is 0.922 bits per heavy atom. The zero-order chi connectivity index (χ0) is 33.5. The molecule has 0 aliphatic heterocycles. The van der Waals surface area contributed by atoms with Gasteiger partial charge in [-0.25, -0.2) is 4.98 Å². The Labute approximate surface area is 296 Å². The first-order valence-electron chi connectivity index (χ1n) is 17.6. The van der Waals surface area contributed by atoms with Crippen LogP contribution in [-0.2, 0) is 5.41 Å². The van der Waals surface area contributed by atoms with Crippen LogP contribution in [0.2, 0.25) is 0 Å². The van der Waals surface area contributed by atoms with Crippen molar-refractivity contribution in [3.8, 4) is 55.8 Å². The number of hydrogen-bond acceptors (Lipinski definition) is 2. The van der Waals surface area contributed by atoms with Crippen LogP contribution in [0.25, 0.3) is 77.4 Å². The average molecular weight is 647 g/mol. The van der Waals surface area contributed by atoms with E-state index < -0.39 is 5.41 Å². The van der Waals surface area contributed by atoms with Crippen LogP contribution in [0.1, 0.15) is 22.3 Å². The molecule has 2 nitrogen and oxygen atoms in total. The van der Waals surface area contributed by atoms with E-state index in [0.717, 1.165) is 27.9 Å². The van der Waals surface area contributed by atoms with Crippen molar-refractivity contribution in [3.63, 3.8) is 0 Å². The van der Waals surface area contributed by atoms with E-state index in [2.05, 4.69) is 175 Å². The van der Waals surface area contributed by atoms with Crippen molar-refractivity contribution in [3.05, 3.63) is 205 Å². The first kappa shape index (κ1) is 28.2. The summed E-state index contributed by atoms with van der Waals surface area (Å²) in [7, 11) is 0. The lowest BCUT2D eigenvalue weighted by Crippen LogP contribution is -2.25. The Morgan fingerprint density at radius 3 is 1.63 bits per heavy atom. The van der Waals surface area contributed by atoms with Crippen molar-refractivity contribution in [2.75, 3.05) is 0 Å². The van der Waals surface area contributed by atoms with Gasteiger partial charge in [0.2, 0.25) is 0 Å². The van der Waals surface area contributed by atoms with Gasteiger partial charge in [0.1, 0.15) is 0 Å². The fourth-order valence-corrected chi connectivity index (χ4v) is 9.11. The van der Waals surface area contributed by atoms with Gasteiger partial charge in [-0.15, -0.1) is 0 Å². The van der Waals surface area contributed by atoms with Gasteiger partial charge in [-0.2, -0.15) is 0 Å². The lowest BCUT2D eigenvalue weighted by atomic mass is 9.70. The molecule has 11 rings (SSSR count). The third-order valence-electron chi connectivity index (χ3n) is 11.2. The fourth-order valence-electron chi connectivity index (χ4n) is 9.11. The molecular weight excluding hydrogens is 617 g/mol. The molecule has 0 fully saturated rings. The van der Waals surface area contributed by atoms with Crippen molar-refractivity contribution in [1.82, 2.24) is 9.97 Å². The first-order chi connectivity index (χ1) is 25.3. The SMILES string of the molecule is c1cc(-c2ccncc2)cc(-c2cccc(-c3nc4ccccc4c4ccc5c(c34)-c3ccccc3C53c4ccccc4-c4ccccc43)c2)c1. The third-order valence-corrected chi connectivity index (χ3v) is 11.2. The minimum absolute atomic E-state index is 0.411. The van der Waals surface area contributed by atoms with Gasteiger partial charge in [0, 0.05) is 28.7 Å². The summed E-state index contributed by atoms with van der Waals surface area (Å²) in [5.74, 6) is 0. The molecule has 0 saturated carbocycles. The Morgan fingerprint density at radius 1 is 0.373 bits per heavy atom. The van der Waals surface area contributed by atoms with Crippen molar-refractivity contribution < 1.29 is 0 Å². The average Bonchev–Trinajstić information content (AvgIpc) is 3.68. The molecule has 0 unspecified atom stereocenters. The highest BCUT2D eigenvalue weighted by atomic mass is 14.7. The van der Waals surface area contributed by atoms with Gasteiger partial charge in [0.05, 0.1) is 16.6 Å². The molecule has 0 bridgehead atoms. The number of nitrogens with zero attached hydrogens (tertiary/aromatic N) is 2. The van der Waals surface area contributed by atoms with Gasteiger partial charge in [-0.1, -0.05) is 140 Å². The van der Waals surface area contributed by atoms with Crippen LogP contribution in [0.15, 0.2) is 182 Å². The quantitative estimate of drug-likeness (QED) is 0.179. The summed E-state index contributed by atoms with van der Waals surface area (Å²) in [6, 6.07) is 62.3. The van der Waals surface area contributed by atoms with E-state index >= 15 is 0 Å². The summed E-state index contributed by atoms with van der Waals surface area (Å²) in [5.41, 5.74) is 17.9. The maximum atomic E-state index is 5.52. The summed E-state index contributed by atoms with van der Waals surface area (Å²) >= 11 is 0. The maximum Gasteiger partial charge on any atom is 0.0794 e. The minimum Gasteiger partial charge on any atom is -0.265 e. The second-order valence-corrected chi connectivity index (χ2v) is 13.7. The lowest BCUT2D eigenvalue weighted by molar-refractivity contribution is 0.794. The van der Waals surface area contributed by atoms with Crippen LogP contribution in [0.4, 0.5) is 0 Å². The van der Waals surface area contributed by atoms with E-state index in [1.165, 1.54) is 71.8 Å². The smallest absolute Gasteiger partial charge is 0.0794 e. The highest BCUT2D eigenvalue weighted by molar-refractivity contribution is 6.19. The Bertz CT molecular complexity index is 2820. The summed E-state index contributed by atoms with van der Waals surface area (Å²) in [6.45, 7) is 0. The number of aromatic nitrogens is 2. The van der Waals surface area contributed by atoms with E-state index in [9.17, 15) is 0 Å². The number of benzene rings is 7. The molecule has 0 saturated heterocycles. The lowest BCUT2D eigenvalue weighted by Gasteiger charge is -2.30. The molecule has 2 heteroatoms. The van der Waals surface area contributed by atoms with Crippen LogP contribution < -0.4 is 0 Å². The van der Waals surface area contributed by atoms with Crippen molar-refractivity contribution in [1.29, 1.82) is 0 Å². The molecule has 2 aliphatic carbocycles. The van der Waals surface area contributed by atoms with Gasteiger partial charge < -0.3 is 0 Å². The molecule has 236 valence electrons. The topological polar surface area (TPSA) is 25.8 Å². The summed E-state index contributed by atoms with van der Waals surface area (Å²) in [4.78, 5) is 9.74. The van der Waals surface area contributed by atoms with Crippen LogP contribution in [-0.4, -0.2) is 9.97 Å².